The highest BCUT2D eigenvalue weighted by Crippen LogP contribution is 2.09. The van der Waals surface area contributed by atoms with E-state index in [1.165, 1.54) is 12.1 Å². The molecule has 5 nitrogen and oxygen atoms in total. The summed E-state index contributed by atoms with van der Waals surface area (Å²) in [5, 5.41) is 5.61. The normalized spacial score (nSPS) is 10.4. The molecule has 100 valence electrons. The van der Waals surface area contributed by atoms with Crippen LogP contribution in [0.25, 0.3) is 0 Å². The van der Waals surface area contributed by atoms with Crippen molar-refractivity contribution in [2.24, 2.45) is 0 Å². The predicted molar refractivity (Wildman–Crippen MR) is 70.0 cm³/mol. The van der Waals surface area contributed by atoms with E-state index in [-0.39, 0.29) is 18.3 Å². The van der Waals surface area contributed by atoms with Crippen LogP contribution in [0.2, 0.25) is 0 Å². The van der Waals surface area contributed by atoms with Gasteiger partial charge < -0.3 is 15.2 Å². The summed E-state index contributed by atoms with van der Waals surface area (Å²) in [4.78, 5) is 15.9. The standard InChI is InChI=1S/C13H15FN4O/c1-15-6-12-7-18(9-16-12)8-13(19)17-11-4-2-3-10(14)5-11/h2-5,7,9,15H,6,8H2,1H3,(H,17,19). The van der Waals surface area contributed by atoms with Crippen molar-refractivity contribution in [3.63, 3.8) is 0 Å². The number of carbonyl (C=O) groups excluding carboxylic acids is 1. The largest absolute Gasteiger partial charge is 0.328 e. The molecule has 0 saturated heterocycles. The predicted octanol–water partition coefficient (Wildman–Crippen LogP) is 1.38. The summed E-state index contributed by atoms with van der Waals surface area (Å²) in [7, 11) is 1.83. The van der Waals surface area contributed by atoms with Crippen LogP contribution in [-0.2, 0) is 17.9 Å². The summed E-state index contributed by atoms with van der Waals surface area (Å²) in [5.41, 5.74) is 1.31. The third-order valence-corrected chi connectivity index (χ3v) is 2.48. The first-order valence-electron chi connectivity index (χ1n) is 5.88. The van der Waals surface area contributed by atoms with Gasteiger partial charge in [-0.1, -0.05) is 6.07 Å². The number of imidazole rings is 1. The molecule has 1 aromatic carbocycles. The maximum Gasteiger partial charge on any atom is 0.244 e. The monoisotopic (exact) mass is 262 g/mol. The van der Waals surface area contributed by atoms with Crippen LogP contribution in [0.15, 0.2) is 36.8 Å². The van der Waals surface area contributed by atoms with E-state index in [0.717, 1.165) is 5.69 Å². The highest BCUT2D eigenvalue weighted by Gasteiger charge is 2.05. The maximum atomic E-state index is 13.0. The first kappa shape index (κ1) is 13.2. The summed E-state index contributed by atoms with van der Waals surface area (Å²) in [6.07, 6.45) is 3.39. The zero-order chi connectivity index (χ0) is 13.7. The highest BCUT2D eigenvalue weighted by molar-refractivity contribution is 5.90. The van der Waals surface area contributed by atoms with E-state index in [1.54, 1.807) is 29.2 Å². The van der Waals surface area contributed by atoms with E-state index in [0.29, 0.717) is 12.2 Å². The van der Waals surface area contributed by atoms with Crippen molar-refractivity contribution >= 4 is 11.6 Å². The Bertz CT molecular complexity index is 567. The lowest BCUT2D eigenvalue weighted by molar-refractivity contribution is -0.116. The number of amides is 1. The Balaban J connectivity index is 1.93. The Labute approximate surface area is 110 Å². The van der Waals surface area contributed by atoms with Crippen LogP contribution < -0.4 is 10.6 Å². The molecular formula is C13H15FN4O. The topological polar surface area (TPSA) is 59.0 Å². The Hall–Kier alpha value is -2.21. The molecule has 0 unspecified atom stereocenters. The van der Waals surface area contributed by atoms with Crippen molar-refractivity contribution in [3.05, 3.63) is 48.3 Å². The Kier molecular flexibility index (Phi) is 4.25. The number of rotatable bonds is 5. The molecule has 1 aromatic heterocycles. The molecule has 0 spiro atoms. The van der Waals surface area contributed by atoms with Crippen LogP contribution in [0.5, 0.6) is 0 Å². The van der Waals surface area contributed by atoms with E-state index in [2.05, 4.69) is 15.6 Å². The molecule has 0 bridgehead atoms. The van der Waals surface area contributed by atoms with Crippen molar-refractivity contribution in [2.45, 2.75) is 13.1 Å². The Morgan fingerprint density at radius 3 is 3.05 bits per heavy atom. The van der Waals surface area contributed by atoms with Gasteiger partial charge in [0.2, 0.25) is 5.91 Å². The maximum absolute atomic E-state index is 13.0. The van der Waals surface area contributed by atoms with Crippen molar-refractivity contribution in [1.82, 2.24) is 14.9 Å². The lowest BCUT2D eigenvalue weighted by Crippen LogP contribution is -2.18. The summed E-state index contributed by atoms with van der Waals surface area (Å²) >= 11 is 0. The molecule has 1 heterocycles. The molecule has 6 heteroatoms. The van der Waals surface area contributed by atoms with Gasteiger partial charge in [0.15, 0.2) is 0 Å². The second kappa shape index (κ2) is 6.10. The first-order chi connectivity index (χ1) is 9.17. The number of hydrogen-bond acceptors (Lipinski definition) is 3. The molecule has 2 rings (SSSR count). The minimum Gasteiger partial charge on any atom is -0.328 e. The van der Waals surface area contributed by atoms with Crippen molar-refractivity contribution in [1.29, 1.82) is 0 Å². The minimum atomic E-state index is -0.378. The lowest BCUT2D eigenvalue weighted by atomic mass is 10.3. The molecule has 0 aliphatic carbocycles. The third-order valence-electron chi connectivity index (χ3n) is 2.48. The zero-order valence-electron chi connectivity index (χ0n) is 10.6. The quantitative estimate of drug-likeness (QED) is 0.856. The van der Waals surface area contributed by atoms with Crippen LogP contribution in [0.3, 0.4) is 0 Å². The summed E-state index contributed by atoms with van der Waals surface area (Å²) in [6, 6.07) is 5.79. The number of hydrogen-bond donors (Lipinski definition) is 2. The van der Waals surface area contributed by atoms with Gasteiger partial charge in [-0.25, -0.2) is 9.37 Å². The summed E-state index contributed by atoms with van der Waals surface area (Å²) in [6.45, 7) is 0.797. The SMILES string of the molecule is CNCc1cn(CC(=O)Nc2cccc(F)c2)cn1. The Morgan fingerprint density at radius 2 is 2.32 bits per heavy atom. The molecule has 0 fully saturated rings. The van der Waals surface area contributed by atoms with E-state index in [9.17, 15) is 9.18 Å². The van der Waals surface area contributed by atoms with Crippen molar-refractivity contribution < 1.29 is 9.18 Å². The molecule has 0 aliphatic heterocycles. The van der Waals surface area contributed by atoms with Crippen LogP contribution in [0, 0.1) is 5.82 Å². The minimum absolute atomic E-state index is 0.146. The van der Waals surface area contributed by atoms with Gasteiger partial charge in [-0.15, -0.1) is 0 Å². The fourth-order valence-corrected chi connectivity index (χ4v) is 1.70. The molecule has 2 N–H and O–H groups in total. The van der Waals surface area contributed by atoms with Gasteiger partial charge in [-0.3, -0.25) is 4.79 Å². The van der Waals surface area contributed by atoms with Gasteiger partial charge in [0.25, 0.3) is 0 Å². The van der Waals surface area contributed by atoms with E-state index >= 15 is 0 Å². The second-order valence-corrected chi connectivity index (χ2v) is 4.13. The fraction of sp³-hybridized carbons (Fsp3) is 0.231. The molecule has 0 saturated carbocycles. The van der Waals surface area contributed by atoms with Gasteiger partial charge in [0.1, 0.15) is 12.4 Å². The molecule has 2 aromatic rings. The highest BCUT2D eigenvalue weighted by atomic mass is 19.1. The van der Waals surface area contributed by atoms with Crippen molar-refractivity contribution in [3.8, 4) is 0 Å². The number of aromatic nitrogens is 2. The van der Waals surface area contributed by atoms with Crippen LogP contribution >= 0.6 is 0 Å². The van der Waals surface area contributed by atoms with Gasteiger partial charge in [0.05, 0.1) is 12.0 Å². The summed E-state index contributed by atoms with van der Waals surface area (Å²) in [5.74, 6) is -0.601. The lowest BCUT2D eigenvalue weighted by Gasteiger charge is -2.05. The average Bonchev–Trinajstić information content (AvgIpc) is 2.77. The Morgan fingerprint density at radius 1 is 1.47 bits per heavy atom. The molecule has 0 radical (unpaired) electrons. The number of anilines is 1. The summed E-state index contributed by atoms with van der Waals surface area (Å²) < 4.78 is 14.6. The van der Waals surface area contributed by atoms with Crippen molar-refractivity contribution in [2.75, 3.05) is 12.4 Å². The number of nitrogens with one attached hydrogen (secondary N) is 2. The molecule has 0 aliphatic rings. The molecule has 0 atom stereocenters. The number of nitrogens with zero attached hydrogens (tertiary/aromatic N) is 2. The van der Waals surface area contributed by atoms with Crippen LogP contribution in [-0.4, -0.2) is 22.5 Å². The molecule has 1 amide bonds. The number of halogens is 1. The van der Waals surface area contributed by atoms with Gasteiger partial charge >= 0.3 is 0 Å². The van der Waals surface area contributed by atoms with Gasteiger partial charge in [-0.05, 0) is 25.2 Å². The van der Waals surface area contributed by atoms with Gasteiger partial charge in [0, 0.05) is 18.4 Å². The zero-order valence-corrected chi connectivity index (χ0v) is 10.6. The molecule has 19 heavy (non-hydrogen) atoms. The van der Waals surface area contributed by atoms with E-state index < -0.39 is 0 Å². The van der Waals surface area contributed by atoms with Crippen LogP contribution in [0.4, 0.5) is 10.1 Å². The first-order valence-corrected chi connectivity index (χ1v) is 5.88. The average molecular weight is 262 g/mol. The smallest absolute Gasteiger partial charge is 0.244 e. The molecular weight excluding hydrogens is 247 g/mol. The third kappa shape index (κ3) is 3.89. The fourth-order valence-electron chi connectivity index (χ4n) is 1.70. The second-order valence-electron chi connectivity index (χ2n) is 4.13. The van der Waals surface area contributed by atoms with E-state index in [1.807, 2.05) is 7.05 Å². The van der Waals surface area contributed by atoms with Gasteiger partial charge in [-0.2, -0.15) is 0 Å². The van der Waals surface area contributed by atoms with E-state index in [4.69, 9.17) is 0 Å². The number of carbonyl (C=O) groups is 1. The number of benzene rings is 1. The van der Waals surface area contributed by atoms with Crippen LogP contribution in [0.1, 0.15) is 5.69 Å².